The van der Waals surface area contributed by atoms with Gasteiger partial charge >= 0.3 is 59.7 Å². The summed E-state index contributed by atoms with van der Waals surface area (Å²) in [4.78, 5) is 135. The monoisotopic (exact) mass is 828 g/mol. The van der Waals surface area contributed by atoms with Gasteiger partial charge in [0.05, 0.1) is 14.2 Å². The van der Waals surface area contributed by atoms with Gasteiger partial charge in [0.25, 0.3) is 0 Å². The van der Waals surface area contributed by atoms with Crippen LogP contribution in [0.5, 0.6) is 0 Å². The van der Waals surface area contributed by atoms with Gasteiger partial charge in [0, 0.05) is 77.0 Å². The zero-order chi connectivity index (χ0) is 44.1. The Labute approximate surface area is 339 Å². The van der Waals surface area contributed by atoms with Crippen molar-refractivity contribution in [1.82, 2.24) is 0 Å². The molecular formula is C40H60O18. The second-order valence-corrected chi connectivity index (χ2v) is 13.2. The van der Waals surface area contributed by atoms with E-state index >= 15 is 0 Å². The summed E-state index contributed by atoms with van der Waals surface area (Å²) >= 11 is 0. The lowest BCUT2D eigenvalue weighted by atomic mass is 10.1. The maximum atomic E-state index is 11.5. The average Bonchev–Trinajstić information content (AvgIpc) is 3.15. The largest absolute Gasteiger partial charge is 0.469 e. The molecule has 0 aliphatic rings. The lowest BCUT2D eigenvalue weighted by Gasteiger charge is -2.04. The van der Waals surface area contributed by atoms with Crippen LogP contribution >= 0.6 is 0 Å². The standard InChI is InChI=1S/2C20H30O9/c2*1-15(21)9-3-4-11-17(23)28-19(25)13-7-8-14-20(26)29-18(24)12-6-5-10-16(22)27-2/h2*3-14H2,1-2H3. The molecule has 0 aromatic carbocycles. The van der Waals surface area contributed by atoms with Gasteiger partial charge in [-0.15, -0.1) is 0 Å². The number of Topliss-reactive ketones (excluding diaryl/α,β-unsaturated/α-hetero) is 2. The van der Waals surface area contributed by atoms with Crippen molar-refractivity contribution in [2.45, 2.75) is 168 Å². The van der Waals surface area contributed by atoms with E-state index in [4.69, 9.17) is 0 Å². The van der Waals surface area contributed by atoms with Gasteiger partial charge in [-0.3, -0.25) is 47.9 Å². The van der Waals surface area contributed by atoms with Crippen molar-refractivity contribution < 1.29 is 86.0 Å². The van der Waals surface area contributed by atoms with Gasteiger partial charge in [-0.2, -0.15) is 0 Å². The van der Waals surface area contributed by atoms with Crippen LogP contribution in [0, 0.1) is 0 Å². The fourth-order valence-corrected chi connectivity index (χ4v) is 4.56. The molecule has 0 aliphatic heterocycles. The number of esters is 10. The van der Waals surface area contributed by atoms with Crippen molar-refractivity contribution in [2.24, 2.45) is 0 Å². The number of ketones is 2. The van der Waals surface area contributed by atoms with E-state index in [9.17, 15) is 57.5 Å². The minimum atomic E-state index is -0.683. The van der Waals surface area contributed by atoms with Crippen LogP contribution in [0.3, 0.4) is 0 Å². The lowest BCUT2D eigenvalue weighted by Crippen LogP contribution is -2.13. The predicted molar refractivity (Wildman–Crippen MR) is 201 cm³/mol. The molecule has 0 saturated heterocycles. The Morgan fingerprint density at radius 3 is 0.517 bits per heavy atom. The highest BCUT2D eigenvalue weighted by molar-refractivity contribution is 5.87. The third-order valence-electron chi connectivity index (χ3n) is 7.73. The topological polar surface area (TPSA) is 260 Å². The maximum Gasteiger partial charge on any atom is 0.313 e. The second-order valence-electron chi connectivity index (χ2n) is 13.2. The summed E-state index contributed by atoms with van der Waals surface area (Å²) in [5.41, 5.74) is 0. The molecule has 0 rings (SSSR count). The summed E-state index contributed by atoms with van der Waals surface area (Å²) in [5, 5.41) is 0. The summed E-state index contributed by atoms with van der Waals surface area (Å²) in [6.45, 7) is 2.95. The predicted octanol–water partition coefficient (Wildman–Crippen LogP) is 5.14. The molecule has 0 N–H and O–H groups in total. The summed E-state index contributed by atoms with van der Waals surface area (Å²) in [7, 11) is 2.57. The molecule has 0 aromatic heterocycles. The van der Waals surface area contributed by atoms with Crippen molar-refractivity contribution >= 4 is 71.3 Å². The Bertz CT molecular complexity index is 1260. The van der Waals surface area contributed by atoms with E-state index in [1.807, 2.05) is 0 Å². The van der Waals surface area contributed by atoms with Crippen molar-refractivity contribution in [3.63, 3.8) is 0 Å². The normalized spacial score (nSPS) is 10.1. The van der Waals surface area contributed by atoms with E-state index in [2.05, 4.69) is 28.4 Å². The summed E-state index contributed by atoms with van der Waals surface area (Å²) in [6.07, 6.45) is 6.45. The summed E-state index contributed by atoms with van der Waals surface area (Å²) in [5.74, 6) is -5.90. The minimum absolute atomic E-state index is 0.0199. The molecule has 18 nitrogen and oxygen atoms in total. The Kier molecular flexibility index (Phi) is 34.3. The van der Waals surface area contributed by atoms with E-state index < -0.39 is 47.8 Å². The second kappa shape index (κ2) is 36.2. The molecule has 58 heavy (non-hydrogen) atoms. The molecule has 0 aromatic rings. The lowest BCUT2D eigenvalue weighted by molar-refractivity contribution is -0.162. The highest BCUT2D eigenvalue weighted by atomic mass is 16.6. The molecule has 0 unspecified atom stereocenters. The molecular weight excluding hydrogens is 768 g/mol. The zero-order valence-electron chi connectivity index (χ0n) is 34.3. The molecule has 0 radical (unpaired) electrons. The number of methoxy groups -OCH3 is 2. The van der Waals surface area contributed by atoms with Gasteiger partial charge < -0.3 is 38.0 Å². The molecule has 0 bridgehead atoms. The van der Waals surface area contributed by atoms with Crippen LogP contribution in [0.1, 0.15) is 168 Å². The smallest absolute Gasteiger partial charge is 0.313 e. The van der Waals surface area contributed by atoms with Crippen LogP contribution in [0.4, 0.5) is 0 Å². The average molecular weight is 829 g/mol. The fourth-order valence-electron chi connectivity index (χ4n) is 4.56. The third-order valence-corrected chi connectivity index (χ3v) is 7.73. The van der Waals surface area contributed by atoms with E-state index in [0.717, 1.165) is 0 Å². The minimum Gasteiger partial charge on any atom is -0.469 e. The quantitative estimate of drug-likeness (QED) is 0.0393. The third kappa shape index (κ3) is 39.1. The molecule has 0 spiro atoms. The molecule has 0 fully saturated rings. The van der Waals surface area contributed by atoms with Crippen LogP contribution < -0.4 is 0 Å². The van der Waals surface area contributed by atoms with Crippen LogP contribution in [0.15, 0.2) is 0 Å². The number of carbonyl (C=O) groups is 12. The zero-order valence-corrected chi connectivity index (χ0v) is 34.3. The number of carbonyl (C=O) groups excluding carboxylic acids is 12. The number of unbranched alkanes of at least 4 members (excludes halogenated alkanes) is 6. The van der Waals surface area contributed by atoms with Gasteiger partial charge in [0.1, 0.15) is 11.6 Å². The van der Waals surface area contributed by atoms with Gasteiger partial charge in [-0.05, 0) is 90.9 Å². The molecule has 0 amide bonds. The molecule has 0 atom stereocenters. The van der Waals surface area contributed by atoms with Gasteiger partial charge in [-0.25, -0.2) is 0 Å². The van der Waals surface area contributed by atoms with Gasteiger partial charge in [-0.1, -0.05) is 0 Å². The first kappa shape index (κ1) is 54.9. The van der Waals surface area contributed by atoms with Gasteiger partial charge in [0.15, 0.2) is 0 Å². The first-order chi connectivity index (χ1) is 27.5. The Balaban J connectivity index is 0. The Hall–Kier alpha value is -5.16. The van der Waals surface area contributed by atoms with E-state index in [-0.39, 0.29) is 87.7 Å². The van der Waals surface area contributed by atoms with E-state index in [1.54, 1.807) is 0 Å². The number of rotatable bonds is 30. The highest BCUT2D eigenvalue weighted by Gasteiger charge is 2.15. The van der Waals surface area contributed by atoms with Crippen LogP contribution in [-0.2, 0) is 86.0 Å². The number of hydrogen-bond acceptors (Lipinski definition) is 18. The fraction of sp³-hybridized carbons (Fsp3) is 0.700. The van der Waals surface area contributed by atoms with Crippen LogP contribution in [0.2, 0.25) is 0 Å². The SMILES string of the molecule is COC(=O)CCCCC(=O)OC(=O)CCCCC(=O)OC(=O)CCCCC(C)=O.COC(=O)CCCCC(=O)OC(=O)CCCCC(=O)OC(=O)CCCCC(C)=O. The van der Waals surface area contributed by atoms with Crippen molar-refractivity contribution in [3.8, 4) is 0 Å². The summed E-state index contributed by atoms with van der Waals surface area (Å²) < 4.78 is 27.5. The van der Waals surface area contributed by atoms with Crippen LogP contribution in [0.25, 0.3) is 0 Å². The van der Waals surface area contributed by atoms with E-state index in [1.165, 1.54) is 28.1 Å². The first-order valence-electron chi connectivity index (χ1n) is 19.5. The van der Waals surface area contributed by atoms with E-state index in [0.29, 0.717) is 89.9 Å². The van der Waals surface area contributed by atoms with Crippen LogP contribution in [-0.4, -0.2) is 85.5 Å². The van der Waals surface area contributed by atoms with Crippen molar-refractivity contribution in [2.75, 3.05) is 14.2 Å². The number of hydrogen-bond donors (Lipinski definition) is 0. The first-order valence-corrected chi connectivity index (χ1v) is 19.5. The van der Waals surface area contributed by atoms with Gasteiger partial charge in [0.2, 0.25) is 0 Å². The molecule has 328 valence electrons. The molecule has 0 heterocycles. The Morgan fingerprint density at radius 1 is 0.241 bits per heavy atom. The Morgan fingerprint density at radius 2 is 0.379 bits per heavy atom. The van der Waals surface area contributed by atoms with Crippen molar-refractivity contribution in [1.29, 1.82) is 0 Å². The highest BCUT2D eigenvalue weighted by Crippen LogP contribution is 2.10. The molecule has 0 saturated carbocycles. The molecule has 0 aliphatic carbocycles. The maximum absolute atomic E-state index is 11.5. The summed E-state index contributed by atoms with van der Waals surface area (Å²) in [6, 6.07) is 0. The van der Waals surface area contributed by atoms with Crippen molar-refractivity contribution in [3.05, 3.63) is 0 Å². The number of ether oxygens (including phenoxy) is 6. The molecule has 18 heteroatoms.